The van der Waals surface area contributed by atoms with E-state index in [9.17, 15) is 5.26 Å². The van der Waals surface area contributed by atoms with Gasteiger partial charge in [0.05, 0.1) is 15.8 Å². The zero-order valence-corrected chi connectivity index (χ0v) is 13.0. The highest BCUT2D eigenvalue weighted by atomic mass is 32.1. The van der Waals surface area contributed by atoms with Crippen LogP contribution in [0.3, 0.4) is 0 Å². The molecule has 108 valence electrons. The number of nitriles is 1. The first-order chi connectivity index (χ1) is 10.5. The largest absolute Gasteiger partial charge is 0.481 e. The fraction of sp³-hybridized carbons (Fsp3) is 0.176. The lowest BCUT2D eigenvalue weighted by atomic mass is 9.96. The number of hydrogen-bond acceptors (Lipinski definition) is 4. The van der Waals surface area contributed by atoms with Crippen molar-refractivity contribution in [2.75, 3.05) is 0 Å². The highest BCUT2D eigenvalue weighted by molar-refractivity contribution is 7.24. The molecule has 1 aliphatic heterocycles. The molecule has 22 heavy (non-hydrogen) atoms. The molecule has 0 saturated heterocycles. The Bertz CT molecular complexity index is 1080. The van der Waals surface area contributed by atoms with Crippen molar-refractivity contribution in [1.29, 1.82) is 10.7 Å². The van der Waals surface area contributed by atoms with E-state index in [0.717, 1.165) is 26.2 Å². The van der Waals surface area contributed by atoms with E-state index in [4.69, 9.17) is 10.1 Å². The van der Waals surface area contributed by atoms with Crippen LogP contribution >= 0.6 is 11.3 Å². The van der Waals surface area contributed by atoms with Gasteiger partial charge in [-0.2, -0.15) is 5.26 Å². The minimum atomic E-state index is -0.564. The van der Waals surface area contributed by atoms with E-state index in [1.165, 1.54) is 0 Å². The Hall–Kier alpha value is -2.58. The number of nitrogens with one attached hydrogen (secondary N) is 1. The smallest absolute Gasteiger partial charge is 0.152 e. The number of rotatable bonds is 0. The zero-order chi connectivity index (χ0) is 15.6. The summed E-state index contributed by atoms with van der Waals surface area (Å²) < 4.78 is 8.87. The van der Waals surface area contributed by atoms with Gasteiger partial charge in [0.1, 0.15) is 22.1 Å². The number of nitrogens with zero attached hydrogens (tertiary/aromatic N) is 2. The van der Waals surface area contributed by atoms with Gasteiger partial charge in [-0.3, -0.25) is 9.81 Å². The van der Waals surface area contributed by atoms with E-state index in [-0.39, 0.29) is 11.1 Å². The molecule has 0 bridgehead atoms. The van der Waals surface area contributed by atoms with Crippen LogP contribution in [0.2, 0.25) is 0 Å². The fourth-order valence-electron chi connectivity index (χ4n) is 2.90. The summed E-state index contributed by atoms with van der Waals surface area (Å²) in [5.74, 6) is 0.494. The van der Waals surface area contributed by atoms with Gasteiger partial charge < -0.3 is 4.74 Å². The molecule has 1 aliphatic rings. The predicted octanol–water partition coefficient (Wildman–Crippen LogP) is 3.69. The minimum Gasteiger partial charge on any atom is -0.481 e. The van der Waals surface area contributed by atoms with Gasteiger partial charge in [-0.1, -0.05) is 18.7 Å². The van der Waals surface area contributed by atoms with Crippen LogP contribution in [0, 0.1) is 16.7 Å². The minimum absolute atomic E-state index is 0.166. The molecule has 4 nitrogen and oxygen atoms in total. The van der Waals surface area contributed by atoms with E-state index in [1.54, 1.807) is 11.3 Å². The first-order valence-electron chi connectivity index (χ1n) is 6.89. The maximum Gasteiger partial charge on any atom is 0.152 e. The maximum absolute atomic E-state index is 9.52. The average Bonchev–Trinajstić information content (AvgIpc) is 2.96. The molecular weight excluding hydrogens is 294 g/mol. The van der Waals surface area contributed by atoms with Crippen molar-refractivity contribution < 1.29 is 4.74 Å². The van der Waals surface area contributed by atoms with E-state index >= 15 is 0 Å². The van der Waals surface area contributed by atoms with E-state index < -0.39 is 5.60 Å². The van der Waals surface area contributed by atoms with Crippen LogP contribution in [0.25, 0.3) is 20.6 Å². The third-order valence-corrected chi connectivity index (χ3v) is 5.29. The number of pyridine rings is 1. The fourth-order valence-corrected chi connectivity index (χ4v) is 4.12. The normalized spacial score (nSPS) is 15.8. The van der Waals surface area contributed by atoms with Crippen LogP contribution < -0.4 is 10.2 Å². The van der Waals surface area contributed by atoms with Gasteiger partial charge in [0.25, 0.3) is 0 Å². The van der Waals surface area contributed by atoms with Crippen LogP contribution in [-0.2, 0) is 0 Å². The Balaban J connectivity index is 2.32. The second kappa shape index (κ2) is 3.99. The number of para-hydroxylation sites is 1. The Morgan fingerprint density at radius 1 is 1.36 bits per heavy atom. The quantitative estimate of drug-likeness (QED) is 0.688. The van der Waals surface area contributed by atoms with Gasteiger partial charge in [-0.25, -0.2) is 0 Å². The highest BCUT2D eigenvalue weighted by Gasteiger charge is 2.39. The second-order valence-electron chi connectivity index (χ2n) is 5.84. The molecule has 0 aliphatic carbocycles. The summed E-state index contributed by atoms with van der Waals surface area (Å²) >= 11 is 1.60. The number of aromatic nitrogens is 1. The van der Waals surface area contributed by atoms with Crippen molar-refractivity contribution in [3.63, 3.8) is 0 Å². The molecule has 2 aromatic heterocycles. The maximum atomic E-state index is 9.52. The van der Waals surface area contributed by atoms with E-state index in [0.29, 0.717) is 5.75 Å². The number of fused-ring (bicyclic) bond motifs is 5. The number of thiazole rings is 1. The van der Waals surface area contributed by atoms with Crippen molar-refractivity contribution in [2.24, 2.45) is 0 Å². The first kappa shape index (κ1) is 13.1. The Kier molecular flexibility index (Phi) is 2.38. The summed E-state index contributed by atoms with van der Waals surface area (Å²) in [6.07, 6.45) is 0. The van der Waals surface area contributed by atoms with Crippen LogP contribution in [0.4, 0.5) is 0 Å². The molecule has 0 radical (unpaired) electrons. The Morgan fingerprint density at radius 3 is 2.82 bits per heavy atom. The third kappa shape index (κ3) is 1.42. The summed E-state index contributed by atoms with van der Waals surface area (Å²) in [5, 5.41) is 18.0. The number of hydrogen-bond donors (Lipinski definition) is 1. The van der Waals surface area contributed by atoms with Gasteiger partial charge in [0.2, 0.25) is 0 Å². The van der Waals surface area contributed by atoms with Crippen molar-refractivity contribution >= 4 is 32.0 Å². The molecular formula is C17H13N3OS. The highest BCUT2D eigenvalue weighted by Crippen LogP contribution is 2.47. The molecule has 3 aromatic rings. The lowest BCUT2D eigenvalue weighted by molar-refractivity contribution is 0.189. The van der Waals surface area contributed by atoms with Crippen LogP contribution in [0.5, 0.6) is 5.75 Å². The molecule has 0 spiro atoms. The van der Waals surface area contributed by atoms with Crippen LogP contribution in [-0.4, -0.2) is 10.0 Å². The van der Waals surface area contributed by atoms with Crippen molar-refractivity contribution in [2.45, 2.75) is 19.4 Å². The topological polar surface area (TPSA) is 61.3 Å². The third-order valence-electron chi connectivity index (χ3n) is 4.14. The summed E-state index contributed by atoms with van der Waals surface area (Å²) in [6, 6.07) is 10.0. The number of ether oxygens (including phenoxy) is 1. The summed E-state index contributed by atoms with van der Waals surface area (Å²) in [7, 11) is 0. The van der Waals surface area contributed by atoms with Crippen molar-refractivity contribution in [3.05, 3.63) is 47.5 Å². The molecule has 0 amide bonds. The average molecular weight is 307 g/mol. The zero-order valence-electron chi connectivity index (χ0n) is 12.2. The van der Waals surface area contributed by atoms with Crippen LogP contribution in [0.1, 0.15) is 25.0 Å². The predicted molar refractivity (Wildman–Crippen MR) is 87.1 cm³/mol. The lowest BCUT2D eigenvalue weighted by Crippen LogP contribution is -2.24. The first-order valence-corrected chi connectivity index (χ1v) is 7.71. The lowest BCUT2D eigenvalue weighted by Gasteiger charge is -2.18. The SMILES string of the molecule is C=C1c2c(c(C#N)c(=N)n3c2sc2ccccc23)OC1(C)C. The van der Waals surface area contributed by atoms with Crippen molar-refractivity contribution in [1.82, 2.24) is 4.40 Å². The molecule has 0 fully saturated rings. The molecule has 0 atom stereocenters. The Labute approximate surface area is 131 Å². The molecule has 5 heteroatoms. The summed E-state index contributed by atoms with van der Waals surface area (Å²) in [6.45, 7) is 8.04. The van der Waals surface area contributed by atoms with Crippen LogP contribution in [0.15, 0.2) is 30.8 Å². The standard InChI is InChI=1S/C17H13N3OS/c1-9-13-14(21-17(9,2)3)10(8-18)15(19)20-11-6-4-5-7-12(11)22-16(13)20/h4-7,19H,1H2,2-3H3. The van der Waals surface area contributed by atoms with E-state index in [1.807, 2.05) is 42.5 Å². The molecule has 0 saturated carbocycles. The monoisotopic (exact) mass is 307 g/mol. The van der Waals surface area contributed by atoms with E-state index in [2.05, 4.69) is 12.6 Å². The van der Waals surface area contributed by atoms with Gasteiger partial charge in [0, 0.05) is 5.57 Å². The van der Waals surface area contributed by atoms with Gasteiger partial charge >= 0.3 is 0 Å². The summed E-state index contributed by atoms with van der Waals surface area (Å²) in [4.78, 5) is 0.913. The molecule has 0 unspecified atom stereocenters. The Morgan fingerprint density at radius 2 is 2.09 bits per heavy atom. The number of benzene rings is 1. The van der Waals surface area contributed by atoms with Gasteiger partial charge in [0.15, 0.2) is 11.2 Å². The van der Waals surface area contributed by atoms with Gasteiger partial charge in [-0.05, 0) is 26.0 Å². The molecule has 1 N–H and O–H groups in total. The van der Waals surface area contributed by atoms with Gasteiger partial charge in [-0.15, -0.1) is 11.3 Å². The molecule has 1 aromatic carbocycles. The summed E-state index contributed by atoms with van der Waals surface area (Å²) in [5.41, 5.74) is 2.51. The molecule has 3 heterocycles. The molecule has 4 rings (SSSR count). The second-order valence-corrected chi connectivity index (χ2v) is 6.87. The van der Waals surface area contributed by atoms with Crippen molar-refractivity contribution in [3.8, 4) is 11.8 Å².